The second kappa shape index (κ2) is 4.61. The third kappa shape index (κ3) is 2.07. The van der Waals surface area contributed by atoms with Gasteiger partial charge in [-0.05, 0) is 19.1 Å². The first-order chi connectivity index (χ1) is 7.72. The molecule has 2 aromatic heterocycles. The van der Waals surface area contributed by atoms with E-state index < -0.39 is 0 Å². The van der Waals surface area contributed by atoms with Crippen molar-refractivity contribution < 1.29 is 0 Å². The van der Waals surface area contributed by atoms with Crippen molar-refractivity contribution in [3.05, 3.63) is 24.2 Å². The van der Waals surface area contributed by atoms with Gasteiger partial charge in [0.15, 0.2) is 5.65 Å². The second-order valence-electron chi connectivity index (χ2n) is 4.15. The van der Waals surface area contributed by atoms with Crippen LogP contribution >= 0.6 is 0 Å². The molecule has 0 atom stereocenters. The number of pyridine rings is 1. The number of nitrogens with one attached hydrogen (secondary N) is 1. The number of rotatable bonds is 4. The predicted molar refractivity (Wildman–Crippen MR) is 65.2 cm³/mol. The number of imidazole rings is 1. The first-order valence-corrected chi connectivity index (χ1v) is 5.76. The molecule has 0 spiro atoms. The van der Waals surface area contributed by atoms with Crippen LogP contribution in [-0.2, 0) is 13.1 Å². The van der Waals surface area contributed by atoms with E-state index in [1.54, 1.807) is 0 Å². The summed E-state index contributed by atoms with van der Waals surface area (Å²) in [6, 6.07) is 4.40. The highest BCUT2D eigenvalue weighted by molar-refractivity contribution is 5.71. The van der Waals surface area contributed by atoms with Gasteiger partial charge in [-0.2, -0.15) is 0 Å². The van der Waals surface area contributed by atoms with Gasteiger partial charge in [0.05, 0.1) is 6.54 Å². The van der Waals surface area contributed by atoms with Gasteiger partial charge in [-0.15, -0.1) is 0 Å². The van der Waals surface area contributed by atoms with E-state index in [0.717, 1.165) is 30.1 Å². The van der Waals surface area contributed by atoms with E-state index in [4.69, 9.17) is 0 Å². The highest BCUT2D eigenvalue weighted by Gasteiger charge is 2.09. The fourth-order valence-electron chi connectivity index (χ4n) is 1.77. The molecule has 2 heterocycles. The largest absolute Gasteiger partial charge is 0.312 e. The number of nitrogens with zero attached hydrogens (tertiary/aromatic N) is 3. The van der Waals surface area contributed by atoms with Gasteiger partial charge in [-0.1, -0.05) is 13.8 Å². The number of hydrogen-bond acceptors (Lipinski definition) is 3. The van der Waals surface area contributed by atoms with Gasteiger partial charge in [0, 0.05) is 18.8 Å². The monoisotopic (exact) mass is 218 g/mol. The van der Waals surface area contributed by atoms with Gasteiger partial charge in [0.1, 0.15) is 11.3 Å². The topological polar surface area (TPSA) is 42.7 Å². The van der Waals surface area contributed by atoms with E-state index in [0.29, 0.717) is 6.04 Å². The van der Waals surface area contributed by atoms with Crippen LogP contribution in [0.1, 0.15) is 26.6 Å². The minimum absolute atomic E-state index is 0.470. The summed E-state index contributed by atoms with van der Waals surface area (Å²) in [6.07, 6.45) is 1.82. The summed E-state index contributed by atoms with van der Waals surface area (Å²) in [5.41, 5.74) is 1.95. The highest BCUT2D eigenvalue weighted by Crippen LogP contribution is 2.13. The third-order valence-electron chi connectivity index (χ3n) is 2.57. The summed E-state index contributed by atoms with van der Waals surface area (Å²) in [4.78, 5) is 8.97. The molecule has 0 bridgehead atoms. The Hall–Kier alpha value is -1.42. The van der Waals surface area contributed by atoms with Gasteiger partial charge < -0.3 is 9.88 Å². The molecule has 86 valence electrons. The summed E-state index contributed by atoms with van der Waals surface area (Å²) in [7, 11) is 0. The van der Waals surface area contributed by atoms with Crippen molar-refractivity contribution >= 4 is 11.2 Å². The van der Waals surface area contributed by atoms with E-state index in [-0.39, 0.29) is 0 Å². The molecular formula is C12H18N4. The van der Waals surface area contributed by atoms with Crippen LogP contribution in [0.4, 0.5) is 0 Å². The van der Waals surface area contributed by atoms with Gasteiger partial charge in [0.25, 0.3) is 0 Å². The van der Waals surface area contributed by atoms with Crippen LogP contribution in [0.15, 0.2) is 18.3 Å². The van der Waals surface area contributed by atoms with Crippen molar-refractivity contribution in [2.45, 2.75) is 39.9 Å². The Morgan fingerprint density at radius 2 is 2.25 bits per heavy atom. The SMILES string of the molecule is CCn1c(CNC(C)C)nc2cccnc21. The zero-order valence-electron chi connectivity index (χ0n) is 10.1. The van der Waals surface area contributed by atoms with Gasteiger partial charge in [0.2, 0.25) is 0 Å². The highest BCUT2D eigenvalue weighted by atomic mass is 15.1. The molecule has 0 aliphatic heterocycles. The number of aryl methyl sites for hydroxylation is 1. The molecule has 1 N–H and O–H groups in total. The van der Waals surface area contributed by atoms with E-state index >= 15 is 0 Å². The maximum Gasteiger partial charge on any atom is 0.160 e. The van der Waals surface area contributed by atoms with Gasteiger partial charge in [-0.25, -0.2) is 9.97 Å². The van der Waals surface area contributed by atoms with Crippen LogP contribution in [0.2, 0.25) is 0 Å². The molecule has 4 heteroatoms. The van der Waals surface area contributed by atoms with Gasteiger partial charge in [-0.3, -0.25) is 0 Å². The molecule has 4 nitrogen and oxygen atoms in total. The Balaban J connectivity index is 2.36. The van der Waals surface area contributed by atoms with E-state index in [9.17, 15) is 0 Å². The third-order valence-corrected chi connectivity index (χ3v) is 2.57. The summed E-state index contributed by atoms with van der Waals surface area (Å²) in [5.74, 6) is 1.06. The van der Waals surface area contributed by atoms with Crippen LogP contribution < -0.4 is 5.32 Å². The Morgan fingerprint density at radius 3 is 2.94 bits per heavy atom. The molecule has 0 aromatic carbocycles. The van der Waals surface area contributed by atoms with Crippen LogP contribution in [-0.4, -0.2) is 20.6 Å². The zero-order chi connectivity index (χ0) is 11.5. The van der Waals surface area contributed by atoms with Crippen molar-refractivity contribution in [2.75, 3.05) is 0 Å². The molecule has 0 aliphatic carbocycles. The van der Waals surface area contributed by atoms with Crippen molar-refractivity contribution in [2.24, 2.45) is 0 Å². The minimum atomic E-state index is 0.470. The van der Waals surface area contributed by atoms with Crippen molar-refractivity contribution in [3.8, 4) is 0 Å². The number of fused-ring (bicyclic) bond motifs is 1. The molecule has 0 radical (unpaired) electrons. The summed E-state index contributed by atoms with van der Waals surface area (Å²) in [6.45, 7) is 8.09. The molecule has 2 aromatic rings. The van der Waals surface area contributed by atoms with Crippen molar-refractivity contribution in [3.63, 3.8) is 0 Å². The predicted octanol–water partition coefficient (Wildman–Crippen LogP) is 1.95. The number of hydrogen-bond donors (Lipinski definition) is 1. The Kier molecular flexibility index (Phi) is 3.19. The van der Waals surface area contributed by atoms with Crippen molar-refractivity contribution in [1.29, 1.82) is 0 Å². The maximum atomic E-state index is 4.59. The average molecular weight is 218 g/mol. The van der Waals surface area contributed by atoms with E-state index in [1.807, 2.05) is 18.3 Å². The maximum absolute atomic E-state index is 4.59. The molecule has 16 heavy (non-hydrogen) atoms. The molecule has 0 amide bonds. The van der Waals surface area contributed by atoms with Crippen LogP contribution in [0.25, 0.3) is 11.2 Å². The number of aromatic nitrogens is 3. The lowest BCUT2D eigenvalue weighted by molar-refractivity contribution is 0.554. The molecule has 0 saturated carbocycles. The van der Waals surface area contributed by atoms with Crippen LogP contribution in [0, 0.1) is 0 Å². The zero-order valence-corrected chi connectivity index (χ0v) is 10.1. The summed E-state index contributed by atoms with van der Waals surface area (Å²) < 4.78 is 2.16. The molecular weight excluding hydrogens is 200 g/mol. The lowest BCUT2D eigenvalue weighted by atomic mass is 10.4. The normalized spacial score (nSPS) is 11.5. The molecule has 0 unspecified atom stereocenters. The Labute approximate surface area is 95.7 Å². The smallest absolute Gasteiger partial charge is 0.160 e. The van der Waals surface area contributed by atoms with E-state index in [2.05, 4.69) is 40.6 Å². The lowest BCUT2D eigenvalue weighted by Gasteiger charge is -2.09. The average Bonchev–Trinajstić information content (AvgIpc) is 2.63. The molecule has 0 saturated heterocycles. The molecule has 0 fully saturated rings. The summed E-state index contributed by atoms with van der Waals surface area (Å²) in [5, 5.41) is 3.39. The molecule has 2 rings (SSSR count). The Morgan fingerprint density at radius 1 is 1.44 bits per heavy atom. The first-order valence-electron chi connectivity index (χ1n) is 5.76. The Bertz CT molecular complexity index is 473. The standard InChI is InChI=1S/C12H18N4/c1-4-16-11(8-14-9(2)3)15-10-6-5-7-13-12(10)16/h5-7,9,14H,4,8H2,1-3H3. The molecule has 0 aliphatic rings. The minimum Gasteiger partial charge on any atom is -0.312 e. The fraction of sp³-hybridized carbons (Fsp3) is 0.500. The van der Waals surface area contributed by atoms with Crippen LogP contribution in [0.3, 0.4) is 0 Å². The first kappa shape index (κ1) is 11.1. The summed E-state index contributed by atoms with van der Waals surface area (Å²) >= 11 is 0. The fourth-order valence-corrected chi connectivity index (χ4v) is 1.77. The quantitative estimate of drug-likeness (QED) is 0.853. The van der Waals surface area contributed by atoms with E-state index in [1.165, 1.54) is 0 Å². The lowest BCUT2D eigenvalue weighted by Crippen LogP contribution is -2.24. The second-order valence-corrected chi connectivity index (χ2v) is 4.15. The van der Waals surface area contributed by atoms with Crippen LogP contribution in [0.5, 0.6) is 0 Å². The van der Waals surface area contributed by atoms with Crippen molar-refractivity contribution in [1.82, 2.24) is 19.9 Å². The van der Waals surface area contributed by atoms with Gasteiger partial charge >= 0.3 is 0 Å².